The van der Waals surface area contributed by atoms with Crippen LogP contribution in [0.2, 0.25) is 0 Å². The first kappa shape index (κ1) is 15.0. The Labute approximate surface area is 110 Å². The zero-order valence-electron chi connectivity index (χ0n) is 11.5. The van der Waals surface area contributed by atoms with Crippen LogP contribution in [0.15, 0.2) is 0 Å². The summed E-state index contributed by atoms with van der Waals surface area (Å²) < 4.78 is 5.45. The summed E-state index contributed by atoms with van der Waals surface area (Å²) in [5.41, 5.74) is -0.681. The molecule has 18 heavy (non-hydrogen) atoms. The molecule has 4 nitrogen and oxygen atoms in total. The third-order valence-corrected chi connectivity index (χ3v) is 3.38. The van der Waals surface area contributed by atoms with Crippen LogP contribution in [0.3, 0.4) is 0 Å². The molecular formula is C14H24N2O2. The summed E-state index contributed by atoms with van der Waals surface area (Å²) in [6.45, 7) is 4.83. The van der Waals surface area contributed by atoms with E-state index < -0.39 is 5.54 Å². The highest BCUT2D eigenvalue weighted by Gasteiger charge is 2.31. The Hall–Kier alpha value is -1.08. The number of nitriles is 1. The molecule has 0 aromatic heterocycles. The van der Waals surface area contributed by atoms with Gasteiger partial charge in [-0.15, -0.1) is 0 Å². The largest absolute Gasteiger partial charge is 0.378 e. The smallest absolute Gasteiger partial charge is 0.223 e. The van der Waals surface area contributed by atoms with Crippen LogP contribution in [0, 0.1) is 11.3 Å². The van der Waals surface area contributed by atoms with E-state index in [0.29, 0.717) is 19.3 Å². The minimum absolute atomic E-state index is 0.0460. The fourth-order valence-corrected chi connectivity index (χ4v) is 2.57. The van der Waals surface area contributed by atoms with Gasteiger partial charge in [0.15, 0.2) is 0 Å². The second-order valence-electron chi connectivity index (χ2n) is 5.08. The number of hydrogen-bond donors (Lipinski definition) is 1. The molecule has 1 rings (SSSR count). The quantitative estimate of drug-likeness (QED) is 0.757. The van der Waals surface area contributed by atoms with Gasteiger partial charge < -0.3 is 10.1 Å². The number of rotatable bonds is 7. The van der Waals surface area contributed by atoms with Crippen molar-refractivity contribution in [2.45, 2.75) is 70.4 Å². The number of amides is 1. The van der Waals surface area contributed by atoms with Gasteiger partial charge in [-0.2, -0.15) is 5.26 Å². The number of carbonyl (C=O) groups is 1. The van der Waals surface area contributed by atoms with Gasteiger partial charge in [-0.1, -0.05) is 26.7 Å². The summed E-state index contributed by atoms with van der Waals surface area (Å²) in [5.74, 6) is -0.0506. The van der Waals surface area contributed by atoms with E-state index in [4.69, 9.17) is 4.74 Å². The summed E-state index contributed by atoms with van der Waals surface area (Å²) in [7, 11) is 0. The SMILES string of the molecule is CCCC(C#N)(CCC)NC(=O)C[C@@H]1CCCO1. The Balaban J connectivity index is 2.53. The molecule has 1 heterocycles. The zero-order valence-corrected chi connectivity index (χ0v) is 11.5. The Morgan fingerprint density at radius 1 is 1.44 bits per heavy atom. The van der Waals surface area contributed by atoms with Crippen molar-refractivity contribution in [3.63, 3.8) is 0 Å². The van der Waals surface area contributed by atoms with Crippen LogP contribution in [-0.2, 0) is 9.53 Å². The fraction of sp³-hybridized carbons (Fsp3) is 0.857. The van der Waals surface area contributed by atoms with E-state index in [1.54, 1.807) is 0 Å². The van der Waals surface area contributed by atoms with Gasteiger partial charge in [0, 0.05) is 6.61 Å². The van der Waals surface area contributed by atoms with E-state index in [-0.39, 0.29) is 12.0 Å². The van der Waals surface area contributed by atoms with Crippen LogP contribution in [0.25, 0.3) is 0 Å². The molecule has 0 radical (unpaired) electrons. The minimum Gasteiger partial charge on any atom is -0.378 e. The van der Waals surface area contributed by atoms with Crippen molar-refractivity contribution in [1.29, 1.82) is 5.26 Å². The van der Waals surface area contributed by atoms with Gasteiger partial charge in [-0.05, 0) is 25.7 Å². The topological polar surface area (TPSA) is 62.1 Å². The number of carbonyl (C=O) groups excluding carboxylic acids is 1. The van der Waals surface area contributed by atoms with E-state index in [2.05, 4.69) is 11.4 Å². The van der Waals surface area contributed by atoms with Crippen molar-refractivity contribution >= 4 is 5.91 Å². The molecule has 0 aromatic rings. The molecule has 0 unspecified atom stereocenters. The Morgan fingerprint density at radius 2 is 2.11 bits per heavy atom. The summed E-state index contributed by atoms with van der Waals surface area (Å²) in [5, 5.41) is 12.3. The third kappa shape index (κ3) is 4.30. The molecule has 4 heteroatoms. The third-order valence-electron chi connectivity index (χ3n) is 3.38. The van der Waals surface area contributed by atoms with Crippen LogP contribution in [0.4, 0.5) is 0 Å². The maximum absolute atomic E-state index is 12.0. The number of nitrogens with one attached hydrogen (secondary N) is 1. The lowest BCUT2D eigenvalue weighted by Crippen LogP contribution is -2.48. The highest BCUT2D eigenvalue weighted by molar-refractivity contribution is 5.77. The molecule has 1 atom stereocenters. The zero-order chi connectivity index (χ0) is 13.4. The van der Waals surface area contributed by atoms with E-state index >= 15 is 0 Å². The molecule has 1 fully saturated rings. The van der Waals surface area contributed by atoms with Crippen molar-refractivity contribution < 1.29 is 9.53 Å². The maximum Gasteiger partial charge on any atom is 0.223 e. The number of hydrogen-bond acceptors (Lipinski definition) is 3. The van der Waals surface area contributed by atoms with E-state index in [9.17, 15) is 10.1 Å². The first-order valence-electron chi connectivity index (χ1n) is 6.99. The predicted octanol–water partition coefficient (Wildman–Crippen LogP) is 2.53. The van der Waals surface area contributed by atoms with Gasteiger partial charge in [-0.25, -0.2) is 0 Å². The molecule has 1 N–H and O–H groups in total. The first-order chi connectivity index (χ1) is 8.65. The van der Waals surface area contributed by atoms with Gasteiger partial charge in [-0.3, -0.25) is 4.79 Å². The molecule has 1 amide bonds. The van der Waals surface area contributed by atoms with E-state index in [0.717, 1.165) is 32.3 Å². The molecule has 1 saturated heterocycles. The average Bonchev–Trinajstić information content (AvgIpc) is 2.82. The summed E-state index contributed by atoms with van der Waals surface area (Å²) >= 11 is 0. The molecule has 0 spiro atoms. The van der Waals surface area contributed by atoms with Crippen molar-refractivity contribution in [3.05, 3.63) is 0 Å². The monoisotopic (exact) mass is 252 g/mol. The molecule has 0 aliphatic carbocycles. The van der Waals surface area contributed by atoms with Crippen LogP contribution in [0.5, 0.6) is 0 Å². The average molecular weight is 252 g/mol. The molecule has 102 valence electrons. The Morgan fingerprint density at radius 3 is 2.56 bits per heavy atom. The number of nitrogens with zero attached hydrogens (tertiary/aromatic N) is 1. The van der Waals surface area contributed by atoms with Gasteiger partial charge in [0.1, 0.15) is 5.54 Å². The van der Waals surface area contributed by atoms with Gasteiger partial charge >= 0.3 is 0 Å². The van der Waals surface area contributed by atoms with Gasteiger partial charge in [0.2, 0.25) is 5.91 Å². The standard InChI is InChI=1S/C14H24N2O2/c1-3-7-14(11-15,8-4-2)16-13(17)10-12-6-5-9-18-12/h12H,3-10H2,1-2H3,(H,16,17)/t12-/m0/s1. The summed E-state index contributed by atoms with van der Waals surface area (Å²) in [4.78, 5) is 12.0. The van der Waals surface area contributed by atoms with Crippen molar-refractivity contribution in [2.24, 2.45) is 0 Å². The first-order valence-corrected chi connectivity index (χ1v) is 6.99. The van der Waals surface area contributed by atoms with Gasteiger partial charge in [0.25, 0.3) is 0 Å². The van der Waals surface area contributed by atoms with E-state index in [1.807, 2.05) is 13.8 Å². The fourth-order valence-electron chi connectivity index (χ4n) is 2.57. The number of ether oxygens (including phenoxy) is 1. The molecule has 0 aromatic carbocycles. The summed E-state index contributed by atoms with van der Waals surface area (Å²) in [6.07, 6.45) is 5.64. The highest BCUT2D eigenvalue weighted by atomic mass is 16.5. The van der Waals surface area contributed by atoms with Crippen LogP contribution in [0.1, 0.15) is 58.8 Å². The second kappa shape index (κ2) is 7.38. The van der Waals surface area contributed by atoms with Gasteiger partial charge in [0.05, 0.1) is 18.6 Å². The molecule has 0 bridgehead atoms. The van der Waals surface area contributed by atoms with Crippen molar-refractivity contribution in [2.75, 3.05) is 6.61 Å². The Kier molecular flexibility index (Phi) is 6.14. The Bertz CT molecular complexity index is 297. The van der Waals surface area contributed by atoms with E-state index in [1.165, 1.54) is 0 Å². The van der Waals surface area contributed by atoms with Crippen LogP contribution in [-0.4, -0.2) is 24.2 Å². The van der Waals surface area contributed by atoms with Crippen molar-refractivity contribution in [1.82, 2.24) is 5.32 Å². The molecule has 1 aliphatic rings. The summed E-state index contributed by atoms with van der Waals surface area (Å²) in [6, 6.07) is 2.30. The normalized spacial score (nSPS) is 19.5. The van der Waals surface area contributed by atoms with Crippen LogP contribution < -0.4 is 5.32 Å². The minimum atomic E-state index is -0.681. The van der Waals surface area contributed by atoms with Crippen LogP contribution >= 0.6 is 0 Å². The molecule has 1 aliphatic heterocycles. The lowest BCUT2D eigenvalue weighted by molar-refractivity contribution is -0.124. The molecule has 0 saturated carbocycles. The lowest BCUT2D eigenvalue weighted by atomic mass is 9.90. The highest BCUT2D eigenvalue weighted by Crippen LogP contribution is 2.20. The maximum atomic E-state index is 12.0. The lowest BCUT2D eigenvalue weighted by Gasteiger charge is -2.27. The van der Waals surface area contributed by atoms with Crippen molar-refractivity contribution in [3.8, 4) is 6.07 Å². The predicted molar refractivity (Wildman–Crippen MR) is 69.9 cm³/mol. The second-order valence-corrected chi connectivity index (χ2v) is 5.08. The molecular weight excluding hydrogens is 228 g/mol.